The molecule has 0 fully saturated rings. The van der Waals surface area contributed by atoms with E-state index in [0.29, 0.717) is 0 Å². The lowest BCUT2D eigenvalue weighted by Crippen LogP contribution is -2.08. The number of carbonyl (C=O) groups is 1. The highest BCUT2D eigenvalue weighted by molar-refractivity contribution is 5.56. The molecule has 3 nitrogen and oxygen atoms in total. The Labute approximate surface area is 46.1 Å². The Kier molecular flexibility index (Phi) is 2.91. The van der Waals surface area contributed by atoms with Gasteiger partial charge < -0.3 is 4.74 Å². The molecule has 0 bridgehead atoms. The van der Waals surface area contributed by atoms with Crippen molar-refractivity contribution in [1.29, 1.82) is 0 Å². The number of ether oxygens (including phenoxy) is 1. The van der Waals surface area contributed by atoms with Crippen molar-refractivity contribution in [2.75, 3.05) is 0 Å². The number of rotatable bonds is 2. The van der Waals surface area contributed by atoms with E-state index in [1.807, 2.05) is 0 Å². The molecule has 0 rings (SSSR count). The molecule has 0 saturated carbocycles. The normalized spacial score (nSPS) is 12.8. The summed E-state index contributed by atoms with van der Waals surface area (Å²) >= 11 is 0. The van der Waals surface area contributed by atoms with E-state index >= 15 is 0 Å². The van der Waals surface area contributed by atoms with Gasteiger partial charge >= 0.3 is 6.16 Å². The third-order valence-corrected chi connectivity index (χ3v) is 0.545. The van der Waals surface area contributed by atoms with Crippen molar-refractivity contribution in [2.24, 2.45) is 0 Å². The summed E-state index contributed by atoms with van der Waals surface area (Å²) in [5, 5.41) is 9.40. The Balaban J connectivity index is 3.24. The fourth-order valence-electron chi connectivity index (χ4n) is 0.188. The van der Waals surface area contributed by atoms with Crippen LogP contribution in [-0.4, -0.2) is 12.5 Å². The van der Waals surface area contributed by atoms with Gasteiger partial charge in [0, 0.05) is 6.42 Å². The topological polar surface area (TPSA) is 46.2 Å². The van der Waals surface area contributed by atoms with Crippen molar-refractivity contribution in [1.82, 2.24) is 0 Å². The fraction of sp³-hybridized carbons (Fsp3) is 0.750. The maximum atomic E-state index is 11.7. The Bertz CT molecular complexity index is 83.4. The summed E-state index contributed by atoms with van der Waals surface area (Å²) in [6, 6.07) is 0. The van der Waals surface area contributed by atoms with E-state index in [1.54, 1.807) is 0 Å². The predicted octanol–water partition coefficient (Wildman–Crippen LogP) is 1.26. The monoisotopic (exact) mass is 121 g/mol. The maximum absolute atomic E-state index is 11.7. The fourth-order valence-corrected chi connectivity index (χ4v) is 0.188. The maximum Gasteiger partial charge on any atom is 0.552 e. The van der Waals surface area contributed by atoms with Crippen LogP contribution in [0.5, 0.6) is 0 Å². The zero-order valence-corrected chi connectivity index (χ0v) is 4.39. The van der Waals surface area contributed by atoms with Crippen molar-refractivity contribution in [3.05, 3.63) is 0 Å². The van der Waals surface area contributed by atoms with Crippen molar-refractivity contribution in [3.63, 3.8) is 0 Å². The lowest BCUT2D eigenvalue weighted by atomic mass is 10.5. The predicted molar refractivity (Wildman–Crippen MR) is 22.4 cm³/mol. The lowest BCUT2D eigenvalue weighted by molar-refractivity contribution is -0.0283. The van der Waals surface area contributed by atoms with Crippen molar-refractivity contribution < 1.29 is 19.0 Å². The Hall–Kier alpha value is -0.800. The molecule has 0 saturated heterocycles. The molecule has 1 radical (unpaired) electrons. The second-order valence-electron chi connectivity index (χ2n) is 1.19. The minimum absolute atomic E-state index is 0.0218. The molecule has 0 aliphatic carbocycles. The zero-order chi connectivity index (χ0) is 6.57. The van der Waals surface area contributed by atoms with Gasteiger partial charge in [-0.3, -0.25) is 0 Å². The molecule has 0 aromatic carbocycles. The summed E-state index contributed by atoms with van der Waals surface area (Å²) in [5.41, 5.74) is 0. The van der Waals surface area contributed by atoms with E-state index in [9.17, 15) is 14.3 Å². The first kappa shape index (κ1) is 7.20. The Morgan fingerprint density at radius 2 is 2.38 bits per heavy atom. The average Bonchev–Trinajstić information content (AvgIpc) is 1.65. The molecule has 47 valence electrons. The van der Waals surface area contributed by atoms with Gasteiger partial charge in [0.15, 0.2) is 0 Å². The molecule has 8 heavy (non-hydrogen) atoms. The molecule has 0 aliphatic rings. The summed E-state index contributed by atoms with van der Waals surface area (Å²) in [7, 11) is 0. The molecule has 0 heterocycles. The van der Waals surface area contributed by atoms with Crippen LogP contribution in [0.4, 0.5) is 9.18 Å². The minimum Gasteiger partial charge on any atom is -0.397 e. The summed E-state index contributed by atoms with van der Waals surface area (Å²) in [6.07, 6.45) is -3.53. The van der Waals surface area contributed by atoms with Gasteiger partial charge in [0.1, 0.15) is 0 Å². The van der Waals surface area contributed by atoms with Crippen LogP contribution in [0.1, 0.15) is 13.3 Å². The molecule has 0 aromatic heterocycles. The van der Waals surface area contributed by atoms with Gasteiger partial charge in [-0.15, -0.1) is 0 Å². The zero-order valence-electron chi connectivity index (χ0n) is 4.39. The van der Waals surface area contributed by atoms with E-state index in [2.05, 4.69) is 4.74 Å². The van der Waals surface area contributed by atoms with Crippen molar-refractivity contribution in [3.8, 4) is 0 Å². The SMILES string of the molecule is CCC(F)OC([O])=O. The summed E-state index contributed by atoms with van der Waals surface area (Å²) in [6.45, 7) is 1.47. The average molecular weight is 121 g/mol. The van der Waals surface area contributed by atoms with Gasteiger partial charge in [0.25, 0.3) is 0 Å². The van der Waals surface area contributed by atoms with E-state index in [1.165, 1.54) is 6.92 Å². The van der Waals surface area contributed by atoms with E-state index in [4.69, 9.17) is 0 Å². The highest BCUT2D eigenvalue weighted by Gasteiger charge is 2.08. The first-order valence-corrected chi connectivity index (χ1v) is 2.18. The van der Waals surface area contributed by atoms with E-state index < -0.39 is 12.5 Å². The summed E-state index contributed by atoms with van der Waals surface area (Å²) in [5.74, 6) is 0. The standard InChI is InChI=1S/C4H6FO3/c1-2-3(5)8-4(6)7/h3H,2H2,1H3. The van der Waals surface area contributed by atoms with Gasteiger partial charge in [-0.05, 0) is 0 Å². The first-order valence-electron chi connectivity index (χ1n) is 2.18. The Morgan fingerprint density at radius 3 is 2.50 bits per heavy atom. The highest BCUT2D eigenvalue weighted by Crippen LogP contribution is 1.97. The van der Waals surface area contributed by atoms with Crippen LogP contribution in [0.15, 0.2) is 0 Å². The quantitative estimate of drug-likeness (QED) is 0.516. The second kappa shape index (κ2) is 3.23. The molecule has 0 N–H and O–H groups in total. The van der Waals surface area contributed by atoms with Gasteiger partial charge in [-0.2, -0.15) is 9.90 Å². The number of carbonyl (C=O) groups excluding carboxylic acids is 1. The van der Waals surface area contributed by atoms with Gasteiger partial charge in [-0.25, -0.2) is 4.39 Å². The van der Waals surface area contributed by atoms with E-state index in [0.717, 1.165) is 0 Å². The van der Waals surface area contributed by atoms with Gasteiger partial charge in [-0.1, -0.05) is 6.92 Å². The molecular weight excluding hydrogens is 115 g/mol. The number of hydrogen-bond acceptors (Lipinski definition) is 2. The molecule has 0 amide bonds. The first-order chi connectivity index (χ1) is 3.66. The largest absolute Gasteiger partial charge is 0.552 e. The molecule has 4 heteroatoms. The highest BCUT2D eigenvalue weighted by atomic mass is 19.1. The third-order valence-electron chi connectivity index (χ3n) is 0.545. The summed E-state index contributed by atoms with van der Waals surface area (Å²) in [4.78, 5) is 9.40. The van der Waals surface area contributed by atoms with Crippen molar-refractivity contribution in [2.45, 2.75) is 19.7 Å². The van der Waals surface area contributed by atoms with Gasteiger partial charge in [0.2, 0.25) is 6.36 Å². The van der Waals surface area contributed by atoms with Crippen LogP contribution in [0, 0.1) is 0 Å². The molecule has 1 unspecified atom stereocenters. The van der Waals surface area contributed by atoms with Crippen LogP contribution in [0.2, 0.25) is 0 Å². The van der Waals surface area contributed by atoms with Crippen LogP contribution in [0.25, 0.3) is 0 Å². The molecule has 0 spiro atoms. The number of hydrogen-bond donors (Lipinski definition) is 0. The van der Waals surface area contributed by atoms with Crippen molar-refractivity contribution >= 4 is 6.16 Å². The lowest BCUT2D eigenvalue weighted by Gasteiger charge is -1.99. The summed E-state index contributed by atoms with van der Waals surface area (Å²) < 4.78 is 15.3. The second-order valence-corrected chi connectivity index (χ2v) is 1.19. The van der Waals surface area contributed by atoms with Crippen LogP contribution >= 0.6 is 0 Å². The molecule has 0 aromatic rings. The smallest absolute Gasteiger partial charge is 0.397 e. The third kappa shape index (κ3) is 3.39. The van der Waals surface area contributed by atoms with E-state index in [-0.39, 0.29) is 6.42 Å². The van der Waals surface area contributed by atoms with Crippen LogP contribution in [-0.2, 0) is 9.84 Å². The molecule has 0 aliphatic heterocycles. The minimum atomic E-state index is -1.82. The van der Waals surface area contributed by atoms with Crippen LogP contribution < -0.4 is 0 Å². The number of halogens is 1. The molecular formula is C4H6FO3. The van der Waals surface area contributed by atoms with Gasteiger partial charge in [0.05, 0.1) is 0 Å². The number of alkyl halides is 1. The molecule has 1 atom stereocenters. The Morgan fingerprint density at radius 1 is 1.88 bits per heavy atom. The van der Waals surface area contributed by atoms with Crippen LogP contribution in [0.3, 0.4) is 0 Å².